The Balaban J connectivity index is 1.74. The Morgan fingerprint density at radius 1 is 0.781 bits per heavy atom. The number of aromatic nitrogens is 2. The Bertz CT molecular complexity index is 1380. The molecule has 4 aromatic rings. The summed E-state index contributed by atoms with van der Waals surface area (Å²) in [6, 6.07) is 22.4. The fraction of sp³-hybridized carbons (Fsp3) is 0.115. The molecule has 32 heavy (non-hydrogen) atoms. The van der Waals surface area contributed by atoms with Crippen LogP contribution in [0.1, 0.15) is 27.8 Å². The normalized spacial score (nSPS) is 13.5. The van der Waals surface area contributed by atoms with Gasteiger partial charge in [-0.25, -0.2) is 19.2 Å². The monoisotopic (exact) mass is 455 g/mol. The molecule has 0 saturated heterocycles. The molecule has 158 valence electrons. The van der Waals surface area contributed by atoms with Gasteiger partial charge in [-0.1, -0.05) is 70.9 Å². The third-order valence-electron chi connectivity index (χ3n) is 5.31. The molecule has 3 aromatic carbocycles. The molecule has 0 saturated carbocycles. The zero-order valence-electron chi connectivity index (χ0n) is 18.0. The number of hydrogen-bond acceptors (Lipinski definition) is 5. The quantitative estimate of drug-likeness (QED) is 0.304. The van der Waals surface area contributed by atoms with Crippen LogP contribution in [-0.4, -0.2) is 19.9 Å². The third kappa shape index (κ3) is 3.92. The van der Waals surface area contributed by atoms with Crippen LogP contribution in [0, 0.1) is 20.8 Å². The molecular weight excluding hydrogens is 434 g/mol. The molecule has 1 atom stereocenters. The van der Waals surface area contributed by atoms with Crippen molar-refractivity contribution in [1.82, 2.24) is 9.97 Å². The number of fused-ring (bicyclic) bond motifs is 2. The highest BCUT2D eigenvalue weighted by Gasteiger charge is 2.25. The first kappa shape index (κ1) is 20.8. The number of rotatable bonds is 3. The van der Waals surface area contributed by atoms with Gasteiger partial charge in [0, 0.05) is 20.9 Å². The van der Waals surface area contributed by atoms with Crippen molar-refractivity contribution >= 4 is 34.0 Å². The molecule has 1 aliphatic heterocycles. The fourth-order valence-corrected chi connectivity index (χ4v) is 5.63. The zero-order valence-corrected chi connectivity index (χ0v) is 19.6. The van der Waals surface area contributed by atoms with E-state index < -0.39 is 10.8 Å². The lowest BCUT2D eigenvalue weighted by molar-refractivity contribution is 0.679. The van der Waals surface area contributed by atoms with Crippen molar-refractivity contribution in [3.05, 3.63) is 101 Å². The first-order chi connectivity index (χ1) is 15.5. The van der Waals surface area contributed by atoms with Gasteiger partial charge in [-0.05, 0) is 45.0 Å². The van der Waals surface area contributed by atoms with Crippen molar-refractivity contribution in [2.24, 2.45) is 4.99 Å². The molecule has 0 fully saturated rings. The van der Waals surface area contributed by atoms with E-state index >= 15 is 0 Å². The summed E-state index contributed by atoms with van der Waals surface area (Å²) in [5, 5.41) is 1.14. The highest BCUT2D eigenvalue weighted by Crippen LogP contribution is 2.42. The van der Waals surface area contributed by atoms with Crippen LogP contribution in [-0.2, 0) is 10.8 Å². The molecule has 0 amide bonds. The Hall–Kier alpha value is -3.09. The van der Waals surface area contributed by atoms with E-state index in [4.69, 9.17) is 4.99 Å². The maximum Gasteiger partial charge on any atom is 0.162 e. The van der Waals surface area contributed by atoms with Crippen LogP contribution in [0.25, 0.3) is 0 Å². The summed E-state index contributed by atoms with van der Waals surface area (Å²) < 4.78 is 13.5. The number of aliphatic imine (C=N–C) groups is 1. The molecule has 1 aliphatic rings. The lowest BCUT2D eigenvalue weighted by atomic mass is 9.99. The highest BCUT2D eigenvalue weighted by atomic mass is 32.2. The van der Waals surface area contributed by atoms with Gasteiger partial charge >= 0.3 is 0 Å². The molecular formula is C26H21N3OS2. The lowest BCUT2D eigenvalue weighted by Crippen LogP contribution is -2.05. The molecule has 4 nitrogen and oxygen atoms in total. The molecule has 0 radical (unpaired) electrons. The summed E-state index contributed by atoms with van der Waals surface area (Å²) in [5.41, 5.74) is 6.92. The number of aryl methyl sites for hydroxylation is 3. The van der Waals surface area contributed by atoms with E-state index in [1.54, 1.807) is 11.8 Å². The van der Waals surface area contributed by atoms with Gasteiger partial charge in [0.15, 0.2) is 5.03 Å². The first-order valence-corrected chi connectivity index (χ1v) is 12.2. The van der Waals surface area contributed by atoms with Crippen molar-refractivity contribution < 1.29 is 4.21 Å². The molecule has 0 spiro atoms. The van der Waals surface area contributed by atoms with Crippen LogP contribution in [0.2, 0.25) is 0 Å². The van der Waals surface area contributed by atoms with Crippen molar-refractivity contribution in [2.45, 2.75) is 40.6 Å². The maximum atomic E-state index is 13.5. The molecule has 5 rings (SSSR count). The smallest absolute Gasteiger partial charge is 0.162 e. The van der Waals surface area contributed by atoms with E-state index in [1.165, 1.54) is 11.9 Å². The number of nitrogens with zero attached hydrogens (tertiary/aromatic N) is 3. The zero-order chi connectivity index (χ0) is 22.2. The van der Waals surface area contributed by atoms with Gasteiger partial charge in [0.2, 0.25) is 0 Å². The standard InChI is InChI=1S/C26H21N3OS2/c1-16-4-9-19(10-5-16)23-21-14-18(3)8-13-22(21)31-25-24(29-23)26(28-15-27-25)32(30)20-11-6-17(2)7-12-20/h4-15H,1-3H3. The minimum atomic E-state index is -1.47. The second-order valence-corrected chi connectivity index (χ2v) is 10.3. The predicted molar refractivity (Wildman–Crippen MR) is 130 cm³/mol. The van der Waals surface area contributed by atoms with E-state index in [1.807, 2.05) is 31.2 Å². The maximum absolute atomic E-state index is 13.5. The Morgan fingerprint density at radius 2 is 1.44 bits per heavy atom. The SMILES string of the molecule is Cc1ccc(C2=Nc3c(ncnc3S(=O)c3ccc(C)cc3)Sc3ccc(C)cc32)cc1. The minimum absolute atomic E-state index is 0.431. The lowest BCUT2D eigenvalue weighted by Gasteiger charge is -2.10. The van der Waals surface area contributed by atoms with Gasteiger partial charge in [0.25, 0.3) is 0 Å². The molecule has 0 aliphatic carbocycles. The van der Waals surface area contributed by atoms with Crippen LogP contribution < -0.4 is 0 Å². The molecule has 0 bridgehead atoms. The Labute approximate surface area is 194 Å². The topological polar surface area (TPSA) is 55.2 Å². The summed E-state index contributed by atoms with van der Waals surface area (Å²) in [6.07, 6.45) is 1.48. The summed E-state index contributed by atoms with van der Waals surface area (Å²) in [5.74, 6) is 0. The fourth-order valence-electron chi connectivity index (χ4n) is 3.55. The van der Waals surface area contributed by atoms with E-state index in [-0.39, 0.29) is 0 Å². The van der Waals surface area contributed by atoms with E-state index in [2.05, 4.69) is 66.3 Å². The molecule has 1 aromatic heterocycles. The average molecular weight is 456 g/mol. The van der Waals surface area contributed by atoms with Gasteiger partial charge in [-0.2, -0.15) is 0 Å². The second-order valence-electron chi connectivity index (χ2n) is 7.84. The first-order valence-electron chi connectivity index (χ1n) is 10.3. The molecule has 2 heterocycles. The molecule has 1 unspecified atom stereocenters. The van der Waals surface area contributed by atoms with Crippen molar-refractivity contribution in [3.63, 3.8) is 0 Å². The summed E-state index contributed by atoms with van der Waals surface area (Å²) in [6.45, 7) is 6.16. The van der Waals surface area contributed by atoms with Crippen molar-refractivity contribution in [1.29, 1.82) is 0 Å². The third-order valence-corrected chi connectivity index (χ3v) is 7.73. The highest BCUT2D eigenvalue weighted by molar-refractivity contribution is 7.99. The summed E-state index contributed by atoms with van der Waals surface area (Å²) in [7, 11) is -1.47. The predicted octanol–water partition coefficient (Wildman–Crippen LogP) is 6.20. The minimum Gasteiger partial charge on any atom is -0.247 e. The van der Waals surface area contributed by atoms with Crippen molar-refractivity contribution in [2.75, 3.05) is 0 Å². The number of benzene rings is 3. The van der Waals surface area contributed by atoms with E-state index in [0.29, 0.717) is 20.6 Å². The largest absolute Gasteiger partial charge is 0.247 e. The second kappa shape index (κ2) is 8.45. The van der Waals surface area contributed by atoms with E-state index in [0.717, 1.165) is 32.9 Å². The van der Waals surface area contributed by atoms with Gasteiger partial charge in [0.1, 0.15) is 27.8 Å². The van der Waals surface area contributed by atoms with Crippen LogP contribution in [0.3, 0.4) is 0 Å². The van der Waals surface area contributed by atoms with Gasteiger partial charge in [0.05, 0.1) is 5.71 Å². The molecule has 6 heteroatoms. The van der Waals surface area contributed by atoms with Gasteiger partial charge in [-0.15, -0.1) is 0 Å². The van der Waals surface area contributed by atoms with Crippen LogP contribution in [0.5, 0.6) is 0 Å². The summed E-state index contributed by atoms with van der Waals surface area (Å²) in [4.78, 5) is 15.8. The summed E-state index contributed by atoms with van der Waals surface area (Å²) >= 11 is 1.54. The Kier molecular flexibility index (Phi) is 5.49. The molecule has 0 N–H and O–H groups in total. The van der Waals surface area contributed by atoms with Crippen molar-refractivity contribution in [3.8, 4) is 0 Å². The Morgan fingerprint density at radius 3 is 2.16 bits per heavy atom. The van der Waals surface area contributed by atoms with Gasteiger partial charge in [-0.3, -0.25) is 0 Å². The van der Waals surface area contributed by atoms with Crippen LogP contribution in [0.15, 0.2) is 97.9 Å². The van der Waals surface area contributed by atoms with Crippen LogP contribution in [0.4, 0.5) is 5.69 Å². The van der Waals surface area contributed by atoms with E-state index in [9.17, 15) is 4.21 Å². The van der Waals surface area contributed by atoms with Crippen LogP contribution >= 0.6 is 11.8 Å². The van der Waals surface area contributed by atoms with Gasteiger partial charge < -0.3 is 0 Å². The average Bonchev–Trinajstić information content (AvgIpc) is 2.96. The number of hydrogen-bond donors (Lipinski definition) is 0.